The summed E-state index contributed by atoms with van der Waals surface area (Å²) in [5.74, 6) is -0.624. The summed E-state index contributed by atoms with van der Waals surface area (Å²) in [6, 6.07) is 4.44. The van der Waals surface area contributed by atoms with Crippen LogP contribution in [0.3, 0.4) is 0 Å². The molecule has 3 heterocycles. The minimum absolute atomic E-state index is 0.0345. The molecule has 1 aromatic heterocycles. The van der Waals surface area contributed by atoms with Crippen molar-refractivity contribution in [1.29, 1.82) is 0 Å². The van der Waals surface area contributed by atoms with Crippen molar-refractivity contribution >= 4 is 0 Å². The number of nitrogens with zero attached hydrogens (tertiary/aromatic N) is 1. The zero-order valence-electron chi connectivity index (χ0n) is 11.9. The lowest BCUT2D eigenvalue weighted by molar-refractivity contribution is -0.137. The van der Waals surface area contributed by atoms with Crippen molar-refractivity contribution in [2.24, 2.45) is 0 Å². The molecule has 2 unspecified atom stereocenters. The molecule has 2 aromatic rings. The van der Waals surface area contributed by atoms with Crippen molar-refractivity contribution < 1.29 is 28.1 Å². The van der Waals surface area contributed by atoms with Crippen LogP contribution in [0.5, 0.6) is 11.8 Å². The van der Waals surface area contributed by atoms with Gasteiger partial charge in [-0.3, -0.25) is 4.57 Å². The number of benzene rings is 1. The highest BCUT2D eigenvalue weighted by atomic mass is 19.4. The van der Waals surface area contributed by atoms with Crippen molar-refractivity contribution in [2.45, 2.75) is 24.8 Å². The van der Waals surface area contributed by atoms with E-state index in [1.165, 1.54) is 12.1 Å². The molecule has 1 aromatic carbocycles. The van der Waals surface area contributed by atoms with Crippen molar-refractivity contribution in [3.8, 4) is 17.4 Å². The number of aromatic hydroxyl groups is 2. The largest absolute Gasteiger partial charge is 0.494 e. The van der Waals surface area contributed by atoms with Gasteiger partial charge in [0.15, 0.2) is 0 Å². The summed E-state index contributed by atoms with van der Waals surface area (Å²) < 4.78 is 45.3. The van der Waals surface area contributed by atoms with E-state index < -0.39 is 23.4 Å². The summed E-state index contributed by atoms with van der Waals surface area (Å²) in [5.41, 5.74) is -0.919. The maximum absolute atomic E-state index is 12.9. The van der Waals surface area contributed by atoms with Gasteiger partial charge in [0.25, 0.3) is 0 Å². The SMILES string of the molecule is CC12C=CC(O1)c1c2c(O)n(-c2cccc(C(F)(F)F)c2)c1O. The van der Waals surface area contributed by atoms with Crippen molar-refractivity contribution in [1.82, 2.24) is 4.57 Å². The number of aromatic nitrogens is 1. The fraction of sp³-hybridized carbons (Fsp3) is 0.250. The van der Waals surface area contributed by atoms with Gasteiger partial charge >= 0.3 is 6.18 Å². The number of halogens is 3. The molecule has 4 nitrogen and oxygen atoms in total. The minimum atomic E-state index is -4.51. The maximum Gasteiger partial charge on any atom is 0.416 e. The smallest absolute Gasteiger partial charge is 0.416 e. The first kappa shape index (κ1) is 14.2. The number of alkyl halides is 3. The van der Waals surface area contributed by atoms with Gasteiger partial charge in [-0.1, -0.05) is 12.1 Å². The van der Waals surface area contributed by atoms with Gasteiger partial charge in [0.1, 0.15) is 11.7 Å². The fourth-order valence-electron chi connectivity index (χ4n) is 3.30. The third-order valence-electron chi connectivity index (χ3n) is 4.33. The van der Waals surface area contributed by atoms with E-state index >= 15 is 0 Å². The summed E-state index contributed by atoms with van der Waals surface area (Å²) in [4.78, 5) is 0. The van der Waals surface area contributed by atoms with Gasteiger partial charge in [-0.25, -0.2) is 0 Å². The Morgan fingerprint density at radius 3 is 2.61 bits per heavy atom. The number of hydrogen-bond donors (Lipinski definition) is 2. The molecule has 2 bridgehead atoms. The molecule has 0 fully saturated rings. The molecule has 0 saturated heterocycles. The molecule has 4 rings (SSSR count). The summed E-state index contributed by atoms with van der Waals surface area (Å²) in [6.45, 7) is 1.73. The van der Waals surface area contributed by atoms with E-state index in [2.05, 4.69) is 0 Å². The first-order chi connectivity index (χ1) is 10.7. The van der Waals surface area contributed by atoms with Gasteiger partial charge in [0, 0.05) is 0 Å². The van der Waals surface area contributed by atoms with E-state index in [1.807, 2.05) is 0 Å². The lowest BCUT2D eigenvalue weighted by atomic mass is 9.91. The molecule has 0 amide bonds. The van der Waals surface area contributed by atoms with Crippen molar-refractivity contribution in [3.63, 3.8) is 0 Å². The zero-order valence-corrected chi connectivity index (χ0v) is 11.9. The molecule has 23 heavy (non-hydrogen) atoms. The lowest BCUT2D eigenvalue weighted by Gasteiger charge is -2.18. The average molecular weight is 323 g/mol. The average Bonchev–Trinajstić information content (AvgIpc) is 3.07. The quantitative estimate of drug-likeness (QED) is 0.786. The Kier molecular flexibility index (Phi) is 2.54. The molecular formula is C16H12F3NO3. The van der Waals surface area contributed by atoms with E-state index in [0.29, 0.717) is 11.1 Å². The highest BCUT2D eigenvalue weighted by Gasteiger charge is 2.50. The van der Waals surface area contributed by atoms with Gasteiger partial charge < -0.3 is 14.9 Å². The summed E-state index contributed by atoms with van der Waals surface area (Å²) in [6.07, 6.45) is -1.51. The molecule has 120 valence electrons. The molecule has 0 aliphatic carbocycles. The second-order valence-electron chi connectivity index (χ2n) is 5.82. The van der Waals surface area contributed by atoms with E-state index in [-0.39, 0.29) is 17.4 Å². The first-order valence-corrected chi connectivity index (χ1v) is 6.94. The Bertz CT molecular complexity index is 853. The summed E-state index contributed by atoms with van der Waals surface area (Å²) in [5, 5.41) is 20.9. The zero-order chi connectivity index (χ0) is 16.6. The highest BCUT2D eigenvalue weighted by molar-refractivity contribution is 5.62. The third-order valence-corrected chi connectivity index (χ3v) is 4.33. The normalized spacial score (nSPS) is 25.1. The second kappa shape index (κ2) is 4.11. The number of hydrogen-bond acceptors (Lipinski definition) is 3. The number of fused-ring (bicyclic) bond motifs is 5. The van der Waals surface area contributed by atoms with Gasteiger partial charge in [0.2, 0.25) is 11.8 Å². The Morgan fingerprint density at radius 1 is 1.22 bits per heavy atom. The molecule has 2 N–H and O–H groups in total. The lowest BCUT2D eigenvalue weighted by Crippen LogP contribution is -2.15. The molecule has 0 saturated carbocycles. The predicted octanol–water partition coefficient (Wildman–Crippen LogP) is 3.76. The van der Waals surface area contributed by atoms with Crippen molar-refractivity contribution in [3.05, 3.63) is 53.1 Å². The van der Waals surface area contributed by atoms with Crippen LogP contribution in [-0.2, 0) is 16.5 Å². The molecule has 0 spiro atoms. The van der Waals surface area contributed by atoms with Crippen LogP contribution in [0.25, 0.3) is 5.69 Å². The molecule has 7 heteroatoms. The van der Waals surface area contributed by atoms with Gasteiger partial charge in [-0.15, -0.1) is 0 Å². The van der Waals surface area contributed by atoms with Crippen LogP contribution in [0, 0.1) is 0 Å². The van der Waals surface area contributed by atoms with Crippen LogP contribution in [0.2, 0.25) is 0 Å². The van der Waals surface area contributed by atoms with E-state index in [1.54, 1.807) is 19.1 Å². The van der Waals surface area contributed by atoms with Crippen LogP contribution >= 0.6 is 0 Å². The van der Waals surface area contributed by atoms with Crippen LogP contribution in [-0.4, -0.2) is 14.8 Å². The van der Waals surface area contributed by atoms with Gasteiger partial charge in [-0.05, 0) is 31.2 Å². The third kappa shape index (κ3) is 1.77. The van der Waals surface area contributed by atoms with Crippen LogP contribution in [0.15, 0.2) is 36.4 Å². The standard InChI is InChI=1S/C16H12F3NO3/c1-15-6-5-10(23-15)11-12(15)14(22)20(13(11)21)9-4-2-3-8(7-9)16(17,18)19/h2-7,10,21-22H,1H3. The minimum Gasteiger partial charge on any atom is -0.494 e. The topological polar surface area (TPSA) is 54.6 Å². The number of ether oxygens (including phenoxy) is 1. The Morgan fingerprint density at radius 2 is 1.96 bits per heavy atom. The Hall–Kier alpha value is -2.41. The van der Waals surface area contributed by atoms with E-state index in [9.17, 15) is 23.4 Å². The Labute approximate surface area is 129 Å². The second-order valence-corrected chi connectivity index (χ2v) is 5.82. The first-order valence-electron chi connectivity index (χ1n) is 6.94. The molecule has 0 radical (unpaired) electrons. The summed E-state index contributed by atoms with van der Waals surface area (Å²) >= 11 is 0. The molecule has 2 aliphatic heterocycles. The molecule has 2 aliphatic rings. The monoisotopic (exact) mass is 323 g/mol. The number of rotatable bonds is 1. The van der Waals surface area contributed by atoms with Gasteiger partial charge in [0.05, 0.1) is 22.4 Å². The van der Waals surface area contributed by atoms with E-state index in [0.717, 1.165) is 16.7 Å². The van der Waals surface area contributed by atoms with Gasteiger partial charge in [-0.2, -0.15) is 13.2 Å². The van der Waals surface area contributed by atoms with Crippen LogP contribution in [0.1, 0.15) is 29.7 Å². The molecular weight excluding hydrogens is 311 g/mol. The van der Waals surface area contributed by atoms with Crippen molar-refractivity contribution in [2.75, 3.05) is 0 Å². The predicted molar refractivity (Wildman–Crippen MR) is 74.4 cm³/mol. The molecule has 2 atom stereocenters. The Balaban J connectivity index is 1.92. The van der Waals surface area contributed by atoms with E-state index in [4.69, 9.17) is 4.74 Å². The summed E-state index contributed by atoms with van der Waals surface area (Å²) in [7, 11) is 0. The van der Waals surface area contributed by atoms with Crippen LogP contribution in [0.4, 0.5) is 13.2 Å². The van der Waals surface area contributed by atoms with Crippen LogP contribution < -0.4 is 0 Å². The fourth-order valence-corrected chi connectivity index (χ4v) is 3.30. The maximum atomic E-state index is 12.9. The highest BCUT2D eigenvalue weighted by Crippen LogP contribution is 2.58.